The lowest BCUT2D eigenvalue weighted by molar-refractivity contribution is 0.218. The van der Waals surface area contributed by atoms with Crippen molar-refractivity contribution in [2.75, 3.05) is 26.2 Å². The Morgan fingerprint density at radius 3 is 2.65 bits per heavy atom. The first-order chi connectivity index (χ1) is 8.34. The van der Waals surface area contributed by atoms with E-state index >= 15 is 0 Å². The topological polar surface area (TPSA) is 15.3 Å². The molecule has 2 heteroatoms. The van der Waals surface area contributed by atoms with E-state index < -0.39 is 0 Å². The van der Waals surface area contributed by atoms with Crippen molar-refractivity contribution >= 4 is 0 Å². The number of unbranched alkanes of at least 4 members (excludes halogenated alkanes) is 1. The zero-order valence-electron chi connectivity index (χ0n) is 11.4. The average Bonchev–Trinajstić information content (AvgIpc) is 3.24. The van der Waals surface area contributed by atoms with Gasteiger partial charge in [0, 0.05) is 12.6 Å². The van der Waals surface area contributed by atoms with Gasteiger partial charge in [0.25, 0.3) is 0 Å². The highest BCUT2D eigenvalue weighted by atomic mass is 15.2. The maximum absolute atomic E-state index is 3.51. The minimum Gasteiger partial charge on any atom is -0.317 e. The third-order valence-electron chi connectivity index (χ3n) is 5.28. The molecule has 0 bridgehead atoms. The lowest BCUT2D eigenvalue weighted by atomic mass is 9.92. The third-order valence-corrected chi connectivity index (χ3v) is 5.28. The Morgan fingerprint density at radius 1 is 1.24 bits per heavy atom. The molecule has 0 aromatic rings. The van der Waals surface area contributed by atoms with E-state index in [9.17, 15) is 0 Å². The van der Waals surface area contributed by atoms with E-state index in [1.807, 2.05) is 0 Å². The van der Waals surface area contributed by atoms with E-state index in [-0.39, 0.29) is 0 Å². The van der Waals surface area contributed by atoms with E-state index in [0.717, 1.165) is 17.4 Å². The maximum atomic E-state index is 3.51. The first-order valence-electron chi connectivity index (χ1n) is 7.79. The summed E-state index contributed by atoms with van der Waals surface area (Å²) >= 11 is 0. The minimum absolute atomic E-state index is 0.782. The van der Waals surface area contributed by atoms with Crippen molar-refractivity contribution < 1.29 is 0 Å². The Labute approximate surface area is 106 Å². The Hall–Kier alpha value is -0.0800. The SMILES string of the molecule is CCCCN(CC1CC12CCNCC2)C1CC1. The Balaban J connectivity index is 1.48. The molecule has 0 aromatic heterocycles. The molecule has 1 unspecified atom stereocenters. The van der Waals surface area contributed by atoms with Gasteiger partial charge in [0.2, 0.25) is 0 Å². The van der Waals surface area contributed by atoms with Crippen LogP contribution in [0.2, 0.25) is 0 Å². The molecule has 1 atom stereocenters. The molecule has 3 aliphatic rings. The van der Waals surface area contributed by atoms with Crippen LogP contribution in [0.3, 0.4) is 0 Å². The molecule has 0 amide bonds. The van der Waals surface area contributed by atoms with Crippen molar-refractivity contribution in [2.24, 2.45) is 11.3 Å². The molecule has 0 radical (unpaired) electrons. The standard InChI is InChI=1S/C15H28N2/c1-2-3-10-17(14-4-5-14)12-13-11-15(13)6-8-16-9-7-15/h13-14,16H,2-12H2,1H3. The minimum atomic E-state index is 0.782. The molecule has 2 nitrogen and oxygen atoms in total. The lowest BCUT2D eigenvalue weighted by Crippen LogP contribution is -2.34. The highest BCUT2D eigenvalue weighted by molar-refractivity contribution is 5.06. The van der Waals surface area contributed by atoms with Gasteiger partial charge in [-0.3, -0.25) is 0 Å². The number of piperidine rings is 1. The predicted molar refractivity (Wildman–Crippen MR) is 72.1 cm³/mol. The molecular formula is C15H28N2. The molecule has 17 heavy (non-hydrogen) atoms. The molecule has 2 saturated carbocycles. The lowest BCUT2D eigenvalue weighted by Gasteiger charge is -2.27. The fourth-order valence-corrected chi connectivity index (χ4v) is 3.73. The molecule has 3 rings (SSSR count). The van der Waals surface area contributed by atoms with Crippen LogP contribution in [-0.4, -0.2) is 37.1 Å². The second-order valence-electron chi connectivity index (χ2n) is 6.59. The van der Waals surface area contributed by atoms with Crippen LogP contribution in [0.15, 0.2) is 0 Å². The van der Waals surface area contributed by atoms with Gasteiger partial charge in [-0.2, -0.15) is 0 Å². The summed E-state index contributed by atoms with van der Waals surface area (Å²) in [4.78, 5) is 2.82. The van der Waals surface area contributed by atoms with Crippen LogP contribution in [-0.2, 0) is 0 Å². The molecule has 3 fully saturated rings. The second kappa shape index (κ2) is 4.89. The van der Waals surface area contributed by atoms with Gasteiger partial charge in [-0.05, 0) is 69.5 Å². The zero-order chi connectivity index (χ0) is 11.7. The Bertz CT molecular complexity index is 254. The number of rotatable bonds is 6. The highest BCUT2D eigenvalue weighted by Gasteiger charge is 2.54. The molecule has 1 heterocycles. The molecule has 98 valence electrons. The molecule has 1 aliphatic heterocycles. The third kappa shape index (κ3) is 2.68. The fraction of sp³-hybridized carbons (Fsp3) is 1.00. The van der Waals surface area contributed by atoms with Gasteiger partial charge in [0.05, 0.1) is 0 Å². The van der Waals surface area contributed by atoms with Crippen molar-refractivity contribution in [1.29, 1.82) is 0 Å². The van der Waals surface area contributed by atoms with Crippen LogP contribution in [0, 0.1) is 11.3 Å². The van der Waals surface area contributed by atoms with Crippen LogP contribution >= 0.6 is 0 Å². The second-order valence-corrected chi connectivity index (χ2v) is 6.59. The maximum Gasteiger partial charge on any atom is 0.00965 e. The van der Waals surface area contributed by atoms with Crippen molar-refractivity contribution in [3.63, 3.8) is 0 Å². The van der Waals surface area contributed by atoms with Crippen LogP contribution in [0.25, 0.3) is 0 Å². The van der Waals surface area contributed by atoms with Crippen molar-refractivity contribution in [3.05, 3.63) is 0 Å². The quantitative estimate of drug-likeness (QED) is 0.763. The van der Waals surface area contributed by atoms with Gasteiger partial charge in [-0.25, -0.2) is 0 Å². The first kappa shape index (κ1) is 12.0. The summed E-state index contributed by atoms with van der Waals surface area (Å²) < 4.78 is 0. The van der Waals surface area contributed by atoms with E-state index in [1.165, 1.54) is 71.1 Å². The monoisotopic (exact) mass is 236 g/mol. The summed E-state index contributed by atoms with van der Waals surface area (Å²) in [6.45, 7) is 7.65. The molecule has 1 saturated heterocycles. The smallest absolute Gasteiger partial charge is 0.00965 e. The van der Waals surface area contributed by atoms with Crippen LogP contribution in [0.1, 0.15) is 51.9 Å². The predicted octanol–water partition coefficient (Wildman–Crippen LogP) is 2.64. The van der Waals surface area contributed by atoms with E-state index in [4.69, 9.17) is 0 Å². The summed E-state index contributed by atoms with van der Waals surface area (Å²) in [7, 11) is 0. The zero-order valence-corrected chi connectivity index (χ0v) is 11.4. The molecular weight excluding hydrogens is 208 g/mol. The van der Waals surface area contributed by atoms with Crippen molar-refractivity contribution in [3.8, 4) is 0 Å². The van der Waals surface area contributed by atoms with Gasteiger partial charge >= 0.3 is 0 Å². The Morgan fingerprint density at radius 2 is 2.00 bits per heavy atom. The van der Waals surface area contributed by atoms with Crippen LogP contribution < -0.4 is 5.32 Å². The molecule has 1 N–H and O–H groups in total. The van der Waals surface area contributed by atoms with Crippen molar-refractivity contribution in [2.45, 2.75) is 57.9 Å². The van der Waals surface area contributed by atoms with Crippen molar-refractivity contribution in [1.82, 2.24) is 10.2 Å². The largest absolute Gasteiger partial charge is 0.317 e. The van der Waals surface area contributed by atoms with Crippen LogP contribution in [0.5, 0.6) is 0 Å². The van der Waals surface area contributed by atoms with Gasteiger partial charge in [-0.1, -0.05) is 13.3 Å². The average molecular weight is 236 g/mol. The van der Waals surface area contributed by atoms with Crippen LogP contribution in [0.4, 0.5) is 0 Å². The molecule has 2 aliphatic carbocycles. The summed E-state index contributed by atoms with van der Waals surface area (Å²) in [6.07, 6.45) is 10.1. The summed E-state index contributed by atoms with van der Waals surface area (Å²) in [5.74, 6) is 1.04. The summed E-state index contributed by atoms with van der Waals surface area (Å²) in [5, 5.41) is 3.51. The van der Waals surface area contributed by atoms with Gasteiger partial charge in [0.15, 0.2) is 0 Å². The highest BCUT2D eigenvalue weighted by Crippen LogP contribution is 2.59. The van der Waals surface area contributed by atoms with Gasteiger partial charge in [0.1, 0.15) is 0 Å². The van der Waals surface area contributed by atoms with E-state index in [2.05, 4.69) is 17.1 Å². The Kier molecular flexibility index (Phi) is 3.45. The molecule has 1 spiro atoms. The number of nitrogens with one attached hydrogen (secondary N) is 1. The van der Waals surface area contributed by atoms with E-state index in [1.54, 1.807) is 0 Å². The van der Waals surface area contributed by atoms with Gasteiger partial charge in [-0.15, -0.1) is 0 Å². The molecule has 0 aromatic carbocycles. The fourth-order valence-electron chi connectivity index (χ4n) is 3.73. The van der Waals surface area contributed by atoms with Gasteiger partial charge < -0.3 is 10.2 Å². The summed E-state index contributed by atoms with van der Waals surface area (Å²) in [5.41, 5.74) is 0.782. The number of hydrogen-bond donors (Lipinski definition) is 1. The first-order valence-corrected chi connectivity index (χ1v) is 7.79. The van der Waals surface area contributed by atoms with E-state index in [0.29, 0.717) is 0 Å². The summed E-state index contributed by atoms with van der Waals surface area (Å²) in [6, 6.07) is 0.973. The normalized spacial score (nSPS) is 31.1. The number of nitrogens with zero attached hydrogens (tertiary/aromatic N) is 1. The number of hydrogen-bond acceptors (Lipinski definition) is 2.